The second kappa shape index (κ2) is 9.22. The molecule has 3 aromatic carbocycles. The molecule has 0 saturated heterocycles. The first-order valence-corrected chi connectivity index (χ1v) is 10.6. The molecule has 158 valence electrons. The van der Waals surface area contributed by atoms with Crippen LogP contribution in [0.15, 0.2) is 71.2 Å². The van der Waals surface area contributed by atoms with Gasteiger partial charge >= 0.3 is 5.97 Å². The fourth-order valence-corrected chi connectivity index (χ4v) is 3.75. The van der Waals surface area contributed by atoms with E-state index in [4.69, 9.17) is 14.6 Å². The molecule has 4 rings (SSSR count). The fourth-order valence-electron chi connectivity index (χ4n) is 3.48. The summed E-state index contributed by atoms with van der Waals surface area (Å²) < 4.78 is 12.2. The van der Waals surface area contributed by atoms with Gasteiger partial charge in [-0.15, -0.1) is 0 Å². The first kappa shape index (κ1) is 20.9. The molecule has 1 N–H and O–H groups in total. The molecule has 0 bridgehead atoms. The maximum atomic E-state index is 12.9. The van der Waals surface area contributed by atoms with Gasteiger partial charge in [0.2, 0.25) is 0 Å². The number of fused-ring (bicyclic) bond motifs is 1. The number of hydrogen-bond acceptors (Lipinski definition) is 4. The van der Waals surface area contributed by atoms with E-state index in [9.17, 15) is 9.59 Å². The molecule has 1 amide bonds. The Hall–Kier alpha value is -3.32. The van der Waals surface area contributed by atoms with E-state index >= 15 is 0 Å². The number of carbonyl (C=O) groups excluding carboxylic acids is 1. The first-order chi connectivity index (χ1) is 15.0. The van der Waals surface area contributed by atoms with Crippen LogP contribution in [0.2, 0.25) is 0 Å². The predicted molar refractivity (Wildman–Crippen MR) is 120 cm³/mol. The molecule has 1 aliphatic rings. The Morgan fingerprint density at radius 1 is 1.03 bits per heavy atom. The van der Waals surface area contributed by atoms with Crippen LogP contribution >= 0.6 is 15.9 Å². The van der Waals surface area contributed by atoms with Crippen LogP contribution in [0.3, 0.4) is 0 Å². The molecule has 7 heteroatoms. The van der Waals surface area contributed by atoms with Crippen molar-refractivity contribution in [1.82, 2.24) is 0 Å². The fraction of sp³-hybridized carbons (Fsp3) is 0.167. The first-order valence-electron chi connectivity index (χ1n) is 9.77. The molecular weight excluding hydrogens is 462 g/mol. The van der Waals surface area contributed by atoms with Gasteiger partial charge in [0.25, 0.3) is 5.91 Å². The van der Waals surface area contributed by atoms with Crippen molar-refractivity contribution in [2.45, 2.75) is 13.0 Å². The largest absolute Gasteiger partial charge is 0.493 e. The van der Waals surface area contributed by atoms with Crippen LogP contribution in [-0.4, -0.2) is 30.2 Å². The average molecular weight is 482 g/mol. The quantitative estimate of drug-likeness (QED) is 0.504. The molecule has 3 aromatic rings. The van der Waals surface area contributed by atoms with Crippen LogP contribution in [-0.2, 0) is 17.8 Å². The van der Waals surface area contributed by atoms with Gasteiger partial charge in [0.15, 0.2) is 6.61 Å². The molecule has 6 nitrogen and oxygen atoms in total. The Morgan fingerprint density at radius 3 is 2.58 bits per heavy atom. The maximum absolute atomic E-state index is 12.9. The van der Waals surface area contributed by atoms with E-state index in [-0.39, 0.29) is 12.5 Å². The topological polar surface area (TPSA) is 76.1 Å². The van der Waals surface area contributed by atoms with E-state index in [0.717, 1.165) is 21.3 Å². The van der Waals surface area contributed by atoms with Gasteiger partial charge < -0.3 is 19.5 Å². The molecule has 0 aliphatic carbocycles. The van der Waals surface area contributed by atoms with E-state index in [0.29, 0.717) is 36.6 Å². The molecule has 31 heavy (non-hydrogen) atoms. The number of benzene rings is 3. The minimum absolute atomic E-state index is 0.0361. The third kappa shape index (κ3) is 4.88. The highest BCUT2D eigenvalue weighted by Gasteiger charge is 2.30. The number of rotatable bonds is 8. The van der Waals surface area contributed by atoms with Gasteiger partial charge in [-0.3, -0.25) is 4.79 Å². The summed E-state index contributed by atoms with van der Waals surface area (Å²) in [6.45, 7) is 0.509. The summed E-state index contributed by atoms with van der Waals surface area (Å²) in [5, 5.41) is 8.74. The lowest BCUT2D eigenvalue weighted by Crippen LogP contribution is -2.22. The molecular formula is C24H20BrNO5. The average Bonchev–Trinajstić information content (AvgIpc) is 3.11. The highest BCUT2D eigenvalue weighted by Crippen LogP contribution is 2.34. The Kier molecular flexibility index (Phi) is 6.23. The van der Waals surface area contributed by atoms with Crippen LogP contribution in [0.5, 0.6) is 11.5 Å². The standard InChI is InChI=1S/C24H20BrNO5/c25-17-7-9-18(10-8-17)26-14-21-20(24(26)29)5-2-6-22(21)30-12-11-16-3-1-4-19(13-16)31-15-23(27)28/h1-10,13H,11-12,14-15H2,(H,27,28). The van der Waals surface area contributed by atoms with E-state index in [1.807, 2.05) is 54.6 Å². The van der Waals surface area contributed by atoms with Crippen molar-refractivity contribution in [2.24, 2.45) is 0 Å². The van der Waals surface area contributed by atoms with E-state index in [1.165, 1.54) is 0 Å². The molecule has 0 unspecified atom stereocenters. The van der Waals surface area contributed by atoms with E-state index in [2.05, 4.69) is 15.9 Å². The maximum Gasteiger partial charge on any atom is 0.341 e. The van der Waals surface area contributed by atoms with Crippen LogP contribution < -0.4 is 14.4 Å². The third-order valence-electron chi connectivity index (χ3n) is 4.97. The molecule has 0 atom stereocenters. The van der Waals surface area contributed by atoms with Crippen molar-refractivity contribution in [1.29, 1.82) is 0 Å². The van der Waals surface area contributed by atoms with Gasteiger partial charge in [-0.2, -0.15) is 0 Å². The number of carboxylic acid groups (broad SMARTS) is 1. The van der Waals surface area contributed by atoms with Gasteiger partial charge in [-0.25, -0.2) is 4.79 Å². The number of carboxylic acids is 1. The molecule has 0 aromatic heterocycles. The number of aliphatic carboxylic acids is 1. The normalized spacial score (nSPS) is 12.5. The number of halogens is 1. The monoisotopic (exact) mass is 481 g/mol. The van der Waals surface area contributed by atoms with Gasteiger partial charge in [0.1, 0.15) is 11.5 Å². The molecule has 1 heterocycles. The molecule has 0 radical (unpaired) electrons. The van der Waals surface area contributed by atoms with Crippen LogP contribution in [0.1, 0.15) is 21.5 Å². The molecule has 0 fully saturated rings. The minimum atomic E-state index is -1.02. The lowest BCUT2D eigenvalue weighted by atomic mass is 10.1. The van der Waals surface area contributed by atoms with Crippen molar-refractivity contribution < 1.29 is 24.2 Å². The summed E-state index contributed by atoms with van der Waals surface area (Å²) in [4.78, 5) is 25.3. The zero-order chi connectivity index (χ0) is 21.8. The lowest BCUT2D eigenvalue weighted by Gasteiger charge is -2.16. The number of anilines is 1. The molecule has 0 spiro atoms. The van der Waals surface area contributed by atoms with Crippen LogP contribution in [0, 0.1) is 0 Å². The molecule has 1 aliphatic heterocycles. The van der Waals surface area contributed by atoms with Gasteiger partial charge in [-0.05, 0) is 54.1 Å². The van der Waals surface area contributed by atoms with Gasteiger partial charge in [-0.1, -0.05) is 34.1 Å². The summed E-state index contributed by atoms with van der Waals surface area (Å²) in [6, 6.07) is 20.5. The van der Waals surface area contributed by atoms with Crippen molar-refractivity contribution in [2.75, 3.05) is 18.1 Å². The number of ether oxygens (including phenoxy) is 2. The number of nitrogens with zero attached hydrogens (tertiary/aromatic N) is 1. The molecule has 0 saturated carbocycles. The summed E-state index contributed by atoms with van der Waals surface area (Å²) >= 11 is 3.42. The zero-order valence-corrected chi connectivity index (χ0v) is 18.2. The Bertz CT molecular complexity index is 1110. The Balaban J connectivity index is 1.42. The Labute approximate surface area is 188 Å². The summed E-state index contributed by atoms with van der Waals surface area (Å²) in [6.07, 6.45) is 0.623. The van der Waals surface area contributed by atoms with E-state index < -0.39 is 5.97 Å². The highest BCUT2D eigenvalue weighted by molar-refractivity contribution is 9.10. The van der Waals surface area contributed by atoms with Crippen molar-refractivity contribution in [3.8, 4) is 11.5 Å². The summed E-state index contributed by atoms with van der Waals surface area (Å²) in [5.41, 5.74) is 3.36. The third-order valence-corrected chi connectivity index (χ3v) is 5.50. The SMILES string of the molecule is O=C(O)COc1cccc(CCOc2cccc3c2CN(c2ccc(Br)cc2)C3=O)c1. The summed E-state index contributed by atoms with van der Waals surface area (Å²) in [7, 11) is 0. The van der Waals surface area contributed by atoms with E-state index in [1.54, 1.807) is 17.0 Å². The summed E-state index contributed by atoms with van der Waals surface area (Å²) in [5.74, 6) is 0.157. The van der Waals surface area contributed by atoms with Gasteiger partial charge in [0, 0.05) is 27.7 Å². The number of hydrogen-bond donors (Lipinski definition) is 1. The van der Waals surface area contributed by atoms with Crippen LogP contribution in [0.25, 0.3) is 0 Å². The number of carbonyl (C=O) groups is 2. The highest BCUT2D eigenvalue weighted by atomic mass is 79.9. The number of amides is 1. The smallest absolute Gasteiger partial charge is 0.341 e. The Morgan fingerprint density at radius 2 is 1.81 bits per heavy atom. The lowest BCUT2D eigenvalue weighted by molar-refractivity contribution is -0.139. The van der Waals surface area contributed by atoms with Crippen molar-refractivity contribution >= 4 is 33.5 Å². The predicted octanol–water partition coefficient (Wildman–Crippen LogP) is 4.69. The minimum Gasteiger partial charge on any atom is -0.493 e. The zero-order valence-electron chi connectivity index (χ0n) is 16.6. The second-order valence-electron chi connectivity index (χ2n) is 7.08. The van der Waals surface area contributed by atoms with Crippen molar-refractivity contribution in [3.05, 3.63) is 87.9 Å². The van der Waals surface area contributed by atoms with Crippen molar-refractivity contribution in [3.63, 3.8) is 0 Å². The second-order valence-corrected chi connectivity index (χ2v) is 7.99. The van der Waals surface area contributed by atoms with Gasteiger partial charge in [0.05, 0.1) is 13.2 Å². The van der Waals surface area contributed by atoms with Crippen LogP contribution in [0.4, 0.5) is 5.69 Å².